The van der Waals surface area contributed by atoms with Crippen LogP contribution in [0.2, 0.25) is 5.02 Å². The highest BCUT2D eigenvalue weighted by molar-refractivity contribution is 6.31. The maximum atomic E-state index is 11.0. The highest BCUT2D eigenvalue weighted by atomic mass is 35.5. The van der Waals surface area contributed by atoms with Crippen molar-refractivity contribution in [2.24, 2.45) is 5.92 Å². The van der Waals surface area contributed by atoms with Gasteiger partial charge in [-0.2, -0.15) is 0 Å². The van der Waals surface area contributed by atoms with Crippen LogP contribution >= 0.6 is 11.6 Å². The number of hydrogen-bond acceptors (Lipinski definition) is 4. The minimum atomic E-state index is -0.412. The highest BCUT2D eigenvalue weighted by Gasteiger charge is 2.26. The average molecular weight is 285 g/mol. The zero-order valence-electron chi connectivity index (χ0n) is 10.8. The van der Waals surface area contributed by atoms with Gasteiger partial charge in [0.2, 0.25) is 0 Å². The van der Waals surface area contributed by atoms with Gasteiger partial charge in [-0.1, -0.05) is 24.6 Å². The van der Waals surface area contributed by atoms with Gasteiger partial charge in [0.25, 0.3) is 5.69 Å². The lowest BCUT2D eigenvalue weighted by molar-refractivity contribution is -0.385. The Labute approximate surface area is 116 Å². The average Bonchev–Trinajstić information content (AvgIpc) is 2.36. The molecule has 2 rings (SSSR count). The molecule has 1 aliphatic heterocycles. The predicted molar refractivity (Wildman–Crippen MR) is 73.2 cm³/mol. The Morgan fingerprint density at radius 1 is 1.58 bits per heavy atom. The number of nitro benzene ring substituents is 1. The summed E-state index contributed by atoms with van der Waals surface area (Å²) in [4.78, 5) is 12.6. The Morgan fingerprint density at radius 3 is 2.95 bits per heavy atom. The summed E-state index contributed by atoms with van der Waals surface area (Å²) >= 11 is 6.06. The first-order chi connectivity index (χ1) is 8.99. The zero-order valence-corrected chi connectivity index (χ0v) is 11.5. The minimum absolute atomic E-state index is 0.0422. The molecule has 5 nitrogen and oxygen atoms in total. The van der Waals surface area contributed by atoms with Gasteiger partial charge in [0, 0.05) is 19.2 Å². The van der Waals surface area contributed by atoms with Crippen molar-refractivity contribution in [2.45, 2.75) is 26.0 Å². The summed E-state index contributed by atoms with van der Waals surface area (Å²) in [5.41, 5.74) is 0.566. The van der Waals surface area contributed by atoms with Crippen LogP contribution in [-0.4, -0.2) is 34.1 Å². The van der Waals surface area contributed by atoms with E-state index in [0.717, 1.165) is 13.0 Å². The predicted octanol–water partition coefficient (Wildman–Crippen LogP) is 2.45. The maximum Gasteiger partial charge on any atom is 0.275 e. The van der Waals surface area contributed by atoms with Gasteiger partial charge < -0.3 is 5.11 Å². The molecule has 6 heteroatoms. The molecule has 0 bridgehead atoms. The summed E-state index contributed by atoms with van der Waals surface area (Å²) in [5, 5.41) is 21.3. The van der Waals surface area contributed by atoms with E-state index in [1.54, 1.807) is 12.1 Å². The number of rotatable bonds is 3. The molecule has 1 aromatic rings. The summed E-state index contributed by atoms with van der Waals surface area (Å²) in [7, 11) is 0. The summed E-state index contributed by atoms with van der Waals surface area (Å²) in [6.45, 7) is 3.77. The molecule has 1 aromatic carbocycles. The van der Waals surface area contributed by atoms with Crippen LogP contribution in [0.25, 0.3) is 0 Å². The first-order valence-electron chi connectivity index (χ1n) is 6.31. The van der Waals surface area contributed by atoms with Gasteiger partial charge in [-0.25, -0.2) is 0 Å². The molecule has 0 aromatic heterocycles. The topological polar surface area (TPSA) is 66.6 Å². The van der Waals surface area contributed by atoms with Crippen LogP contribution in [0.5, 0.6) is 0 Å². The fourth-order valence-corrected chi connectivity index (χ4v) is 2.59. The number of likely N-dealkylation sites (tertiary alicyclic amines) is 1. The number of piperidine rings is 1. The Bertz CT molecular complexity index is 481. The van der Waals surface area contributed by atoms with Crippen molar-refractivity contribution in [3.05, 3.63) is 38.9 Å². The number of nitro groups is 1. The van der Waals surface area contributed by atoms with Gasteiger partial charge in [0.05, 0.1) is 21.6 Å². The third-order valence-corrected chi connectivity index (χ3v) is 4.03. The minimum Gasteiger partial charge on any atom is -0.392 e. The normalized spacial score (nSPS) is 24.4. The number of nitrogens with zero attached hydrogens (tertiary/aromatic N) is 2. The first kappa shape index (κ1) is 14.2. The van der Waals surface area contributed by atoms with E-state index in [4.69, 9.17) is 11.6 Å². The molecule has 0 spiro atoms. The van der Waals surface area contributed by atoms with Crippen molar-refractivity contribution < 1.29 is 10.0 Å². The molecule has 0 saturated carbocycles. The third-order valence-electron chi connectivity index (χ3n) is 3.68. The lowest BCUT2D eigenvalue weighted by Gasteiger charge is -2.34. The molecule has 19 heavy (non-hydrogen) atoms. The van der Waals surface area contributed by atoms with E-state index in [2.05, 4.69) is 0 Å². The SMILES string of the molecule is CC1CCN(Cc2c(Cl)cccc2[N+](=O)[O-])CC1O. The van der Waals surface area contributed by atoms with Gasteiger partial charge in [-0.05, 0) is 24.9 Å². The van der Waals surface area contributed by atoms with E-state index in [-0.39, 0.29) is 17.7 Å². The van der Waals surface area contributed by atoms with Crippen molar-refractivity contribution in [2.75, 3.05) is 13.1 Å². The molecule has 0 aliphatic carbocycles. The van der Waals surface area contributed by atoms with E-state index >= 15 is 0 Å². The number of aliphatic hydroxyl groups is 1. The molecular formula is C13H17ClN2O3. The summed E-state index contributed by atoms with van der Waals surface area (Å²) < 4.78 is 0. The standard InChI is InChI=1S/C13H17ClN2O3/c1-9-5-6-15(8-13(9)17)7-10-11(14)3-2-4-12(10)16(18)19/h2-4,9,13,17H,5-8H2,1H3. The Kier molecular flexibility index (Phi) is 4.39. The number of β-amino-alcohol motifs (C(OH)–C–C–N with tert-alkyl or cyclic N) is 1. The molecule has 1 saturated heterocycles. The van der Waals surface area contributed by atoms with E-state index in [1.165, 1.54) is 6.07 Å². The van der Waals surface area contributed by atoms with Crippen molar-refractivity contribution in [1.29, 1.82) is 0 Å². The molecule has 0 radical (unpaired) electrons. The van der Waals surface area contributed by atoms with Crippen molar-refractivity contribution in [3.63, 3.8) is 0 Å². The molecule has 0 amide bonds. The molecule has 2 atom stereocenters. The van der Waals surface area contributed by atoms with Gasteiger partial charge in [-0.15, -0.1) is 0 Å². The number of aliphatic hydroxyl groups excluding tert-OH is 1. The lowest BCUT2D eigenvalue weighted by Crippen LogP contribution is -2.42. The van der Waals surface area contributed by atoms with Crippen molar-refractivity contribution in [3.8, 4) is 0 Å². The van der Waals surface area contributed by atoms with Gasteiger partial charge in [0.1, 0.15) is 0 Å². The van der Waals surface area contributed by atoms with Crippen LogP contribution in [-0.2, 0) is 6.54 Å². The monoisotopic (exact) mass is 284 g/mol. The van der Waals surface area contributed by atoms with E-state index in [9.17, 15) is 15.2 Å². The Hall–Kier alpha value is -1.17. The van der Waals surface area contributed by atoms with Gasteiger partial charge in [0.15, 0.2) is 0 Å². The van der Waals surface area contributed by atoms with Gasteiger partial charge in [-0.3, -0.25) is 15.0 Å². The van der Waals surface area contributed by atoms with Crippen LogP contribution in [0.4, 0.5) is 5.69 Å². The lowest BCUT2D eigenvalue weighted by atomic mass is 9.95. The molecule has 1 fully saturated rings. The summed E-state index contributed by atoms with van der Waals surface area (Å²) in [5.74, 6) is 0.275. The molecular weight excluding hydrogens is 268 g/mol. The van der Waals surface area contributed by atoms with Crippen molar-refractivity contribution >= 4 is 17.3 Å². The third kappa shape index (κ3) is 3.23. The number of benzene rings is 1. The fourth-order valence-electron chi connectivity index (χ4n) is 2.36. The molecule has 1 aliphatic rings. The van der Waals surface area contributed by atoms with Crippen LogP contribution in [0.3, 0.4) is 0 Å². The Morgan fingerprint density at radius 2 is 2.32 bits per heavy atom. The molecule has 1 N–H and O–H groups in total. The zero-order chi connectivity index (χ0) is 14.0. The van der Waals surface area contributed by atoms with E-state index in [0.29, 0.717) is 23.7 Å². The summed E-state index contributed by atoms with van der Waals surface area (Å²) in [6.07, 6.45) is 0.509. The largest absolute Gasteiger partial charge is 0.392 e. The Balaban J connectivity index is 2.17. The second kappa shape index (κ2) is 5.86. The molecule has 104 valence electrons. The maximum absolute atomic E-state index is 11.0. The molecule has 1 heterocycles. The molecule has 2 unspecified atom stereocenters. The van der Waals surface area contributed by atoms with Crippen molar-refractivity contribution in [1.82, 2.24) is 4.90 Å². The van der Waals surface area contributed by atoms with Gasteiger partial charge >= 0.3 is 0 Å². The van der Waals surface area contributed by atoms with E-state index in [1.807, 2.05) is 11.8 Å². The van der Waals surface area contributed by atoms with Crippen LogP contribution in [0.15, 0.2) is 18.2 Å². The first-order valence-corrected chi connectivity index (χ1v) is 6.69. The smallest absolute Gasteiger partial charge is 0.275 e. The fraction of sp³-hybridized carbons (Fsp3) is 0.538. The number of halogens is 1. The van der Waals surface area contributed by atoms with Crippen LogP contribution < -0.4 is 0 Å². The van der Waals surface area contributed by atoms with E-state index < -0.39 is 4.92 Å². The second-order valence-corrected chi connectivity index (χ2v) is 5.47. The number of hydrogen-bond donors (Lipinski definition) is 1. The van der Waals surface area contributed by atoms with Crippen LogP contribution in [0.1, 0.15) is 18.9 Å². The quantitative estimate of drug-likeness (QED) is 0.684. The second-order valence-electron chi connectivity index (χ2n) is 5.06. The summed E-state index contributed by atoms with van der Waals surface area (Å²) in [6, 6.07) is 4.70. The highest BCUT2D eigenvalue weighted by Crippen LogP contribution is 2.29. The van der Waals surface area contributed by atoms with Crippen LogP contribution in [0, 0.1) is 16.0 Å².